The highest BCUT2D eigenvalue weighted by Crippen LogP contribution is 2.39. The molecule has 0 aliphatic carbocycles. The summed E-state index contributed by atoms with van der Waals surface area (Å²) in [7, 11) is -3.37. The van der Waals surface area contributed by atoms with E-state index in [-0.39, 0.29) is 5.03 Å². The third kappa shape index (κ3) is 5.09. The Morgan fingerprint density at radius 3 is 2.80 bits per heavy atom. The van der Waals surface area contributed by atoms with Crippen LogP contribution in [0.1, 0.15) is 12.0 Å². The molecular formula is C26H28N4O4S. The zero-order valence-electron chi connectivity index (χ0n) is 19.8. The summed E-state index contributed by atoms with van der Waals surface area (Å²) in [5.41, 5.74) is 2.29. The van der Waals surface area contributed by atoms with Crippen LogP contribution in [0.5, 0.6) is 11.5 Å². The molecule has 5 rings (SSSR count). The number of fused-ring (bicyclic) bond motifs is 1. The van der Waals surface area contributed by atoms with Gasteiger partial charge in [-0.15, -0.1) is 0 Å². The first-order valence-electron chi connectivity index (χ1n) is 11.6. The molecule has 1 saturated heterocycles. The summed E-state index contributed by atoms with van der Waals surface area (Å²) in [5.74, 6) is 2.86. The second kappa shape index (κ2) is 9.58. The SMILES string of the molecule is Cc1cc(N2CCOc3ccc(OC=CC4CCN(c5ccccn5)C4)cc32)cnc1S(C)(=O)=O. The van der Waals surface area contributed by atoms with Crippen molar-refractivity contribution in [3.8, 4) is 11.5 Å². The third-order valence-corrected chi connectivity index (χ3v) is 7.36. The van der Waals surface area contributed by atoms with Crippen LogP contribution in [0.25, 0.3) is 0 Å². The average molecular weight is 493 g/mol. The predicted molar refractivity (Wildman–Crippen MR) is 135 cm³/mol. The summed E-state index contributed by atoms with van der Waals surface area (Å²) in [6, 6.07) is 13.5. The molecule has 2 aromatic heterocycles. The lowest BCUT2D eigenvalue weighted by atomic mass is 10.1. The van der Waals surface area contributed by atoms with Crippen LogP contribution in [0, 0.1) is 12.8 Å². The molecule has 0 saturated carbocycles. The Labute approximate surface area is 205 Å². The lowest BCUT2D eigenvalue weighted by molar-refractivity contribution is 0.313. The lowest BCUT2D eigenvalue weighted by Crippen LogP contribution is -2.28. The maximum atomic E-state index is 11.9. The Balaban J connectivity index is 1.29. The van der Waals surface area contributed by atoms with Gasteiger partial charge in [-0.05, 0) is 61.2 Å². The Morgan fingerprint density at radius 1 is 1.14 bits per heavy atom. The molecule has 0 N–H and O–H groups in total. The molecule has 2 aliphatic rings. The van der Waals surface area contributed by atoms with Gasteiger partial charge >= 0.3 is 0 Å². The van der Waals surface area contributed by atoms with Gasteiger partial charge in [0.05, 0.1) is 30.4 Å². The zero-order valence-corrected chi connectivity index (χ0v) is 20.6. The summed E-state index contributed by atoms with van der Waals surface area (Å²) >= 11 is 0. The van der Waals surface area contributed by atoms with Crippen LogP contribution in [0.15, 0.2) is 72.2 Å². The summed E-state index contributed by atoms with van der Waals surface area (Å²) < 4.78 is 35.7. The van der Waals surface area contributed by atoms with Gasteiger partial charge in [0.1, 0.15) is 23.9 Å². The van der Waals surface area contributed by atoms with E-state index in [1.54, 1.807) is 19.4 Å². The number of sulfone groups is 1. The maximum Gasteiger partial charge on any atom is 0.193 e. The van der Waals surface area contributed by atoms with Gasteiger partial charge in [-0.25, -0.2) is 18.4 Å². The van der Waals surface area contributed by atoms with Gasteiger partial charge in [-0.2, -0.15) is 0 Å². The monoisotopic (exact) mass is 492 g/mol. The summed E-state index contributed by atoms with van der Waals surface area (Å²) in [4.78, 5) is 13.0. The van der Waals surface area contributed by atoms with Gasteiger partial charge in [0.2, 0.25) is 0 Å². The number of rotatable bonds is 6. The number of anilines is 3. The highest BCUT2D eigenvalue weighted by Gasteiger charge is 2.23. The van der Waals surface area contributed by atoms with Crippen LogP contribution >= 0.6 is 0 Å². The minimum absolute atomic E-state index is 0.102. The number of aryl methyl sites for hydroxylation is 1. The molecule has 9 heteroatoms. The predicted octanol–water partition coefficient (Wildman–Crippen LogP) is 4.14. The van der Waals surface area contributed by atoms with E-state index in [9.17, 15) is 8.42 Å². The molecular weight excluding hydrogens is 464 g/mol. The molecule has 0 radical (unpaired) electrons. The average Bonchev–Trinajstić information content (AvgIpc) is 3.32. The maximum absolute atomic E-state index is 11.9. The minimum Gasteiger partial charge on any atom is -0.490 e. The minimum atomic E-state index is -3.37. The largest absolute Gasteiger partial charge is 0.490 e. The van der Waals surface area contributed by atoms with Crippen molar-refractivity contribution in [2.45, 2.75) is 18.4 Å². The van der Waals surface area contributed by atoms with Crippen molar-refractivity contribution in [2.75, 3.05) is 42.3 Å². The van der Waals surface area contributed by atoms with Gasteiger partial charge in [0.15, 0.2) is 14.9 Å². The second-order valence-corrected chi connectivity index (χ2v) is 10.8. The molecule has 1 fully saturated rings. The van der Waals surface area contributed by atoms with E-state index >= 15 is 0 Å². The Bertz CT molecular complexity index is 1340. The lowest BCUT2D eigenvalue weighted by Gasteiger charge is -2.31. The van der Waals surface area contributed by atoms with Gasteiger partial charge in [-0.1, -0.05) is 6.07 Å². The fraction of sp³-hybridized carbons (Fsp3) is 0.308. The van der Waals surface area contributed by atoms with E-state index in [4.69, 9.17) is 9.47 Å². The second-order valence-electron chi connectivity index (χ2n) is 8.85. The fourth-order valence-electron chi connectivity index (χ4n) is 4.54. The van der Waals surface area contributed by atoms with E-state index < -0.39 is 9.84 Å². The van der Waals surface area contributed by atoms with Crippen molar-refractivity contribution in [1.82, 2.24) is 9.97 Å². The first-order valence-corrected chi connectivity index (χ1v) is 13.5. The van der Waals surface area contributed by atoms with Crippen molar-refractivity contribution < 1.29 is 17.9 Å². The molecule has 2 aliphatic heterocycles. The van der Waals surface area contributed by atoms with Crippen molar-refractivity contribution in [2.24, 2.45) is 5.92 Å². The number of hydrogen-bond acceptors (Lipinski definition) is 8. The third-order valence-electron chi connectivity index (χ3n) is 6.23. The Kier molecular flexibility index (Phi) is 6.34. The zero-order chi connectivity index (χ0) is 24.4. The highest BCUT2D eigenvalue weighted by molar-refractivity contribution is 7.90. The number of benzene rings is 1. The number of nitrogens with zero attached hydrogens (tertiary/aromatic N) is 4. The van der Waals surface area contributed by atoms with Crippen LogP contribution in [-0.2, 0) is 9.84 Å². The Morgan fingerprint density at radius 2 is 2.03 bits per heavy atom. The molecule has 3 aromatic rings. The van der Waals surface area contributed by atoms with Crippen LogP contribution in [0.4, 0.5) is 17.2 Å². The smallest absolute Gasteiger partial charge is 0.193 e. The first-order chi connectivity index (χ1) is 16.9. The van der Waals surface area contributed by atoms with Gasteiger partial charge in [0, 0.05) is 31.6 Å². The van der Waals surface area contributed by atoms with Crippen molar-refractivity contribution in [1.29, 1.82) is 0 Å². The van der Waals surface area contributed by atoms with E-state index in [0.29, 0.717) is 30.4 Å². The van der Waals surface area contributed by atoms with Crippen LogP contribution in [0.3, 0.4) is 0 Å². The first kappa shape index (κ1) is 23.2. The quantitative estimate of drug-likeness (QED) is 0.475. The molecule has 4 heterocycles. The molecule has 1 aromatic carbocycles. The molecule has 0 amide bonds. The molecule has 0 bridgehead atoms. The standard InChI is InChI=1S/C26H28N4O4S/c1-19-15-21(17-28-26(19)35(2,31)32)30-12-14-34-24-7-6-22(16-23(24)30)33-13-9-20-8-11-29(18-20)25-5-3-4-10-27-25/h3-7,9-10,13,15-17,20H,8,11-12,14,18H2,1-2H3. The normalized spacial score (nSPS) is 17.9. The van der Waals surface area contributed by atoms with E-state index in [1.807, 2.05) is 48.7 Å². The number of hydrogen-bond donors (Lipinski definition) is 0. The van der Waals surface area contributed by atoms with Gasteiger partial charge < -0.3 is 19.3 Å². The molecule has 8 nitrogen and oxygen atoms in total. The summed E-state index contributed by atoms with van der Waals surface area (Å²) in [6.07, 6.45) is 9.51. The molecule has 182 valence electrons. The summed E-state index contributed by atoms with van der Waals surface area (Å²) in [6.45, 7) is 4.79. The molecule has 1 unspecified atom stereocenters. The van der Waals surface area contributed by atoms with Crippen molar-refractivity contribution >= 4 is 27.0 Å². The van der Waals surface area contributed by atoms with E-state index in [1.165, 1.54) is 6.26 Å². The molecule has 0 spiro atoms. The Hall–Kier alpha value is -3.59. The number of ether oxygens (including phenoxy) is 2. The topological polar surface area (TPSA) is 84.9 Å². The van der Waals surface area contributed by atoms with Crippen LogP contribution < -0.4 is 19.3 Å². The molecule has 1 atom stereocenters. The van der Waals surface area contributed by atoms with Gasteiger partial charge in [0.25, 0.3) is 0 Å². The van der Waals surface area contributed by atoms with Crippen molar-refractivity contribution in [3.63, 3.8) is 0 Å². The van der Waals surface area contributed by atoms with Gasteiger partial charge in [-0.3, -0.25) is 0 Å². The van der Waals surface area contributed by atoms with Crippen LogP contribution in [-0.4, -0.2) is 50.9 Å². The van der Waals surface area contributed by atoms with Crippen molar-refractivity contribution in [3.05, 3.63) is 72.8 Å². The highest BCUT2D eigenvalue weighted by atomic mass is 32.2. The van der Waals surface area contributed by atoms with E-state index in [0.717, 1.165) is 42.5 Å². The number of pyridine rings is 2. The number of aromatic nitrogens is 2. The van der Waals surface area contributed by atoms with Crippen LogP contribution in [0.2, 0.25) is 0 Å². The van der Waals surface area contributed by atoms with E-state index in [2.05, 4.69) is 25.8 Å². The summed E-state index contributed by atoms with van der Waals surface area (Å²) in [5, 5.41) is 0.102. The molecule has 35 heavy (non-hydrogen) atoms. The fourth-order valence-corrected chi connectivity index (χ4v) is 5.43.